The van der Waals surface area contributed by atoms with Crippen LogP contribution in [0.1, 0.15) is 222 Å². The number of carbonyl (C=O) groups is 6. The molecule has 0 spiro atoms. The number of carbonyl (C=O) groups excluding carboxylic acids is 6. The maximum absolute atomic E-state index is 11.3. The second-order valence-electron chi connectivity index (χ2n) is 22.9. The third kappa shape index (κ3) is 78.3. The molecule has 1 aliphatic rings. The molecule has 740 valence electrons. The molecule has 0 N–H and O–H groups in total. The van der Waals surface area contributed by atoms with Gasteiger partial charge in [0.1, 0.15) is 0 Å². The average Bonchev–Trinajstić information content (AvgIpc) is 1.46. The summed E-state index contributed by atoms with van der Waals surface area (Å²) in [5.41, 5.74) is 52.2. The molecular weight excluding hydrogens is 1900 g/mol. The molecule has 0 heterocycles. The van der Waals surface area contributed by atoms with Gasteiger partial charge < -0.3 is 68.3 Å². The Hall–Kier alpha value is -11.2. The smallest absolute Gasteiger partial charge is 1.00 e. The van der Waals surface area contributed by atoms with Gasteiger partial charge in [-0.05, 0) is 120 Å². The van der Waals surface area contributed by atoms with Crippen molar-refractivity contribution in [2.75, 3.05) is 33.0 Å². The summed E-state index contributed by atoms with van der Waals surface area (Å²) in [5, 5.41) is 5.07. The van der Waals surface area contributed by atoms with Crippen LogP contribution in [-0.2, 0) is 73.2 Å². The number of hydrogen-bond donors (Lipinski definition) is 0. The first-order chi connectivity index (χ1) is 65.4. The van der Waals surface area contributed by atoms with Crippen molar-refractivity contribution in [1.29, 1.82) is 0 Å². The van der Waals surface area contributed by atoms with Gasteiger partial charge in [0, 0.05) is 25.7 Å². The molecule has 0 aromatic heterocycles. The van der Waals surface area contributed by atoms with Crippen molar-refractivity contribution in [2.45, 2.75) is 209 Å². The van der Waals surface area contributed by atoms with Gasteiger partial charge >= 0.3 is 118 Å². The topological polar surface area (TPSA) is 434 Å². The molecule has 0 unspecified atom stereocenters. The van der Waals surface area contributed by atoms with Crippen molar-refractivity contribution in [3.05, 3.63) is 379 Å². The summed E-state index contributed by atoms with van der Waals surface area (Å²) in [6.07, 6.45) is 4.87. The van der Waals surface area contributed by atoms with Crippen LogP contribution in [0.5, 0.6) is 0 Å². The van der Waals surface area contributed by atoms with E-state index < -0.39 is 48.7 Å². The first kappa shape index (κ1) is 153. The largest absolute Gasteiger partial charge is 2.00 e. The Balaban J connectivity index is -0.000000126. The Kier molecular flexibility index (Phi) is 120. The van der Waals surface area contributed by atoms with E-state index in [9.17, 15) is 45.6 Å². The Morgan fingerprint density at radius 2 is 0.597 bits per heavy atom. The van der Waals surface area contributed by atoms with Gasteiger partial charge in [-0.25, -0.2) is 36.0 Å². The van der Waals surface area contributed by atoms with E-state index >= 15 is 0 Å². The minimum absolute atomic E-state index is 0. The fraction of sp³-hybridized carbons (Fsp3) is 0.324. The van der Waals surface area contributed by atoms with Crippen LogP contribution in [-0.4, -0.2) is 140 Å². The molecule has 1 fully saturated rings. The predicted molar refractivity (Wildman–Crippen MR) is 556 cm³/mol. The first-order valence-corrected chi connectivity index (χ1v) is 48.5. The SMILES string of the molecule is C1CC1.CC.CC.CC.CC.CC.CC.CC.CC.CC.CCOC(=O)C(=O)c1ccccc1.CCOC(=O)C(=[N+]=[N-])c1ccccc1.CCOC(=O)C(=[N+]=[N-])c1ccccc1.CCOC(=O)C(=[N+]=[N-])c1ccccc1.CCOC(=O)Cc1ccccc1.Cc1ccc(S(=O)(=O)Cl)cc1.Cc1ccc(S(=O)(=O)N=[N+]=[N-])cc1.[Br-].[Li+].[Mg+2].[N-]=[N+]=[N-].[Na+].[c-]1ccc2ccccc2c1.[c-]1ccc2ccccc2c1. The number of aryl methyl sites for hydroxylation is 2. The van der Waals surface area contributed by atoms with Crippen molar-refractivity contribution in [3.63, 3.8) is 0 Å². The van der Waals surface area contributed by atoms with E-state index in [0.717, 1.165) is 16.7 Å². The zero-order valence-corrected chi connectivity index (χ0v) is 93.7. The molecule has 11 aromatic carbocycles. The standard InChI is InChI=1S/3C10H10N2O2.C10H10O3.C10H12O2.2C10H7.C7H7ClO2S.C7H7N3O2S.C3H6.9C2H6.BrH.Li.Mg.N3.Na/c3*1-2-14-10(13)9(12-11)8-6-4-3-5-7-8;1-2-13-10(12)9(11)8-6-4-3-5-7-8;1-2-12-10(11)8-9-6-4-3-5-7-9;2*1-2-6-10-8-4-3-7-9(10)5-1;1-6-2-4-7(5-3-6)11(8,9)10;1-6-2-4-7(5-3-6)13(11,12)10-9-8;1-2-3-1;9*1-2;;;;1-3-2;/h3*3-7H,2H2,1H3;3-7H,2H2,1H3;3-7H,2,8H2,1H3;2*1-3,5-8H;2-5H,1H3;2-5H,1H3;1-3H2;9*1-2H3;1H;;;;/q;;;;;2*-1;;;;;;;;;;;;;;+1;+2;-1;+1/p-1. The summed E-state index contributed by atoms with van der Waals surface area (Å²) in [6.45, 7) is 49.7. The maximum atomic E-state index is 11.3. The van der Waals surface area contributed by atoms with Crippen molar-refractivity contribution in [1.82, 2.24) is 0 Å². The fourth-order valence-electron chi connectivity index (χ4n) is 8.56. The molecule has 139 heavy (non-hydrogen) atoms. The number of ether oxygens (including phenoxy) is 5. The Bertz CT molecular complexity index is 5020. The van der Waals surface area contributed by atoms with Crippen LogP contribution in [0.25, 0.3) is 64.6 Å². The number of azide groups is 1. The minimum atomic E-state index is -3.82. The number of halogens is 2. The molecule has 0 amide bonds. The van der Waals surface area contributed by atoms with Gasteiger partial charge in [-0.15, -0.1) is 33.7 Å². The molecule has 34 heteroatoms. The number of rotatable bonds is 18. The quantitative estimate of drug-likeness (QED) is 0.00658. The number of ketones is 1. The third-order valence-electron chi connectivity index (χ3n) is 14.1. The Morgan fingerprint density at radius 1 is 0.353 bits per heavy atom. The third-order valence-corrected chi connectivity index (χ3v) is 16.7. The maximum Gasteiger partial charge on any atom is 2.00 e. The number of nitrogens with zero attached hydrogens (tertiary/aromatic N) is 12. The number of sulfonamides is 1. The number of esters is 5. The van der Waals surface area contributed by atoms with Gasteiger partial charge in [0.2, 0.25) is 0 Å². The number of hydrogen-bond acceptors (Lipinski definition) is 15. The van der Waals surface area contributed by atoms with E-state index in [0.29, 0.717) is 35.3 Å². The molecule has 0 bridgehead atoms. The molecule has 11 aromatic rings. The minimum Gasteiger partial charge on any atom is -1.00 e. The van der Waals surface area contributed by atoms with Crippen molar-refractivity contribution in [3.8, 4) is 0 Å². The summed E-state index contributed by atoms with van der Waals surface area (Å²) < 4.78 is 69.9. The zero-order valence-electron chi connectivity index (χ0n) is 86.3. The van der Waals surface area contributed by atoms with E-state index in [-0.39, 0.29) is 148 Å². The van der Waals surface area contributed by atoms with Gasteiger partial charge in [0.05, 0.1) is 65.9 Å². The molecule has 12 rings (SSSR count). The van der Waals surface area contributed by atoms with Gasteiger partial charge in [0.25, 0.3) is 24.9 Å². The summed E-state index contributed by atoms with van der Waals surface area (Å²) >= 11 is 0. The second kappa shape index (κ2) is 109. The first-order valence-electron chi connectivity index (χ1n) is 44.7. The van der Waals surface area contributed by atoms with Crippen LogP contribution in [0.2, 0.25) is 0 Å². The van der Waals surface area contributed by atoms with Crippen molar-refractivity contribution < 1.29 is 149 Å². The monoisotopic (exact) mass is 2040 g/mol. The number of fused-ring (bicyclic) bond motifs is 2. The summed E-state index contributed by atoms with van der Waals surface area (Å²) in [7, 11) is -2.28. The summed E-state index contributed by atoms with van der Waals surface area (Å²) in [4.78, 5) is 79.7. The van der Waals surface area contributed by atoms with Crippen molar-refractivity contribution in [2.24, 2.45) is 4.52 Å². The summed E-state index contributed by atoms with van der Waals surface area (Å²) in [6, 6.07) is 90.9. The van der Waals surface area contributed by atoms with Gasteiger partial charge in [-0.1, -0.05) is 331 Å². The molecule has 1 aliphatic carbocycles. The van der Waals surface area contributed by atoms with Crippen LogP contribution < -0.4 is 65.4 Å². The predicted octanol–water partition coefficient (Wildman–Crippen LogP) is 18.1. The van der Waals surface area contributed by atoms with Gasteiger partial charge in [-0.2, -0.15) is 62.9 Å². The molecular formula is C105H140BrClLiMgN12NaO15S2. The van der Waals surface area contributed by atoms with E-state index in [1.165, 1.54) is 70.0 Å². The van der Waals surface area contributed by atoms with Gasteiger partial charge in [0.15, 0.2) is 0 Å². The van der Waals surface area contributed by atoms with Crippen molar-refractivity contribution >= 4 is 127 Å². The van der Waals surface area contributed by atoms with Crippen LogP contribution in [0, 0.1) is 26.0 Å². The van der Waals surface area contributed by atoms with E-state index in [1.807, 2.05) is 242 Å². The normalized spacial score (nSPS) is 8.68. The van der Waals surface area contributed by atoms with Crippen LogP contribution >= 0.6 is 10.7 Å². The number of Topliss-reactive ketones (excluding diaryl/α,β-unsaturated/α-hetero) is 1. The average molecular weight is 2040 g/mol. The van der Waals surface area contributed by atoms with E-state index in [2.05, 4.69) is 77.1 Å². The molecule has 27 nitrogen and oxygen atoms in total. The molecule has 0 atom stereocenters. The molecule has 0 saturated heterocycles. The zero-order chi connectivity index (χ0) is 104. The van der Waals surface area contributed by atoms with E-state index in [4.69, 9.17) is 62.8 Å². The van der Waals surface area contributed by atoms with E-state index in [1.54, 1.807) is 155 Å². The Morgan fingerprint density at radius 3 is 0.842 bits per heavy atom. The second-order valence-corrected chi connectivity index (χ2v) is 27.0. The van der Waals surface area contributed by atoms with Crippen LogP contribution in [0.4, 0.5) is 0 Å². The molecule has 0 radical (unpaired) electrons. The molecule has 1 saturated carbocycles. The van der Waals surface area contributed by atoms with Gasteiger partial charge in [-0.3, -0.25) is 14.5 Å². The number of benzene rings is 11. The summed E-state index contributed by atoms with van der Waals surface area (Å²) in [5.74, 6) is -3.43. The Labute approximate surface area is 893 Å². The van der Waals surface area contributed by atoms with Crippen LogP contribution in [0.15, 0.2) is 299 Å². The van der Waals surface area contributed by atoms with Crippen LogP contribution in [0.3, 0.4) is 0 Å². The molecule has 0 aliphatic heterocycles. The fourth-order valence-corrected chi connectivity index (χ4v) is 10.0.